The summed E-state index contributed by atoms with van der Waals surface area (Å²) in [6, 6.07) is 4.53. The molecule has 1 aromatic carbocycles. The Balaban J connectivity index is 2.73. The number of aliphatic imine (C=N–C) groups is 1. The molecule has 1 heterocycles. The molecule has 29 heavy (non-hydrogen) atoms. The molecule has 0 unspecified atom stereocenters. The van der Waals surface area contributed by atoms with Gasteiger partial charge in [-0.1, -0.05) is 25.6 Å². The van der Waals surface area contributed by atoms with Crippen LogP contribution in [0.25, 0.3) is 0 Å². The van der Waals surface area contributed by atoms with Crippen LogP contribution in [0.15, 0.2) is 27.6 Å². The van der Waals surface area contributed by atoms with E-state index in [1.807, 2.05) is 0 Å². The Kier molecular flexibility index (Phi) is 6.03. The lowest BCUT2D eigenvalue weighted by atomic mass is 9.92. The molecule has 0 bridgehead atoms. The van der Waals surface area contributed by atoms with Gasteiger partial charge in [0.15, 0.2) is 0 Å². The Hall–Kier alpha value is -2.18. The average Bonchev–Trinajstić information content (AvgIpc) is 2.58. The number of hydrogen-bond acceptors (Lipinski definition) is 4. The molecule has 2 rings (SSSR count). The minimum absolute atomic E-state index is 0.00679. The second-order valence-corrected chi connectivity index (χ2v) is 16.5. The fourth-order valence-electron chi connectivity index (χ4n) is 3.11. The number of nitrogens with one attached hydrogen (secondary N) is 1. The molecule has 0 fully saturated rings. The fourth-order valence-corrected chi connectivity index (χ4v) is 5.96. The van der Waals surface area contributed by atoms with Crippen LogP contribution < -0.4 is 5.32 Å². The molecule has 2 N–H and O–H groups in total. The fraction of sp³-hybridized carbons (Fsp3) is 0.500. The van der Waals surface area contributed by atoms with Gasteiger partial charge in [-0.15, -0.1) is 5.54 Å². The van der Waals surface area contributed by atoms with Crippen molar-refractivity contribution in [1.82, 2.24) is 5.32 Å². The lowest BCUT2D eigenvalue weighted by Gasteiger charge is -2.41. The van der Waals surface area contributed by atoms with Gasteiger partial charge >= 0.3 is 6.09 Å². The van der Waals surface area contributed by atoms with Gasteiger partial charge in [0.1, 0.15) is 30.0 Å². The van der Waals surface area contributed by atoms with Crippen molar-refractivity contribution in [3.05, 3.63) is 35.1 Å². The molecule has 0 aliphatic carbocycles. The molecule has 1 aliphatic heterocycles. The maximum Gasteiger partial charge on any atom is 0.410 e. The number of halogens is 1. The van der Waals surface area contributed by atoms with E-state index in [9.17, 15) is 18.5 Å². The smallest absolute Gasteiger partial charge is 0.410 e. The zero-order chi connectivity index (χ0) is 22.3. The largest absolute Gasteiger partial charge is 0.465 e. The molecule has 0 spiro atoms. The highest BCUT2D eigenvalue weighted by atomic mass is 32.2. The van der Waals surface area contributed by atoms with Gasteiger partial charge in [0, 0.05) is 18.2 Å². The summed E-state index contributed by atoms with van der Waals surface area (Å²) >= 11 is 0. The van der Waals surface area contributed by atoms with Crippen molar-refractivity contribution in [3.63, 3.8) is 0 Å². The summed E-state index contributed by atoms with van der Waals surface area (Å²) in [5, 5.41) is 11.5. The van der Waals surface area contributed by atoms with Crippen LogP contribution in [0.4, 0.5) is 9.18 Å². The third kappa shape index (κ3) is 4.70. The number of carboxylic acid groups (broad SMARTS) is 1. The van der Waals surface area contributed by atoms with E-state index in [1.54, 1.807) is 32.9 Å². The van der Waals surface area contributed by atoms with E-state index in [2.05, 4.69) is 45.8 Å². The zero-order valence-electron chi connectivity index (χ0n) is 17.9. The number of nitrogens with zero attached hydrogens (tertiary/aromatic N) is 2. The number of benzene rings is 1. The minimum atomic E-state index is -2.95. The number of amides is 1. The molecule has 0 radical (unpaired) electrons. The highest BCUT2D eigenvalue weighted by molar-refractivity contribution is 7.95. The predicted molar refractivity (Wildman–Crippen MR) is 118 cm³/mol. The zero-order valence-corrected chi connectivity index (χ0v) is 19.7. The van der Waals surface area contributed by atoms with Crippen LogP contribution in [-0.2, 0) is 15.3 Å². The summed E-state index contributed by atoms with van der Waals surface area (Å²) in [6.45, 7) is 11.2. The molecular weight excluding hydrogens is 409 g/mol. The summed E-state index contributed by atoms with van der Waals surface area (Å²) in [6.07, 6.45) is -1.32. The van der Waals surface area contributed by atoms with Gasteiger partial charge in [-0.05, 0) is 39.0 Å². The predicted octanol–water partition coefficient (Wildman–Crippen LogP) is 3.83. The van der Waals surface area contributed by atoms with Crippen LogP contribution in [0.3, 0.4) is 0 Å². The molecule has 2 atom stereocenters. The van der Waals surface area contributed by atoms with Crippen molar-refractivity contribution in [2.75, 3.05) is 12.8 Å². The van der Waals surface area contributed by atoms with Gasteiger partial charge in [0.2, 0.25) is 0 Å². The summed E-state index contributed by atoms with van der Waals surface area (Å²) in [4.78, 5) is 15.8. The molecule has 0 saturated carbocycles. The molecule has 6 nitrogen and oxygen atoms in total. The molecule has 0 aromatic heterocycles. The molecule has 0 saturated heterocycles. The lowest BCUT2D eigenvalue weighted by molar-refractivity contribution is 0.199. The van der Waals surface area contributed by atoms with Crippen molar-refractivity contribution >= 4 is 29.7 Å². The van der Waals surface area contributed by atoms with Gasteiger partial charge in [0.05, 0.1) is 15.5 Å². The van der Waals surface area contributed by atoms with Crippen LogP contribution in [0, 0.1) is 17.3 Å². The second-order valence-electron chi connectivity index (χ2n) is 8.84. The lowest BCUT2D eigenvalue weighted by Crippen LogP contribution is -2.57. The van der Waals surface area contributed by atoms with Crippen molar-refractivity contribution in [3.8, 4) is 11.5 Å². The Labute approximate surface area is 173 Å². The summed E-state index contributed by atoms with van der Waals surface area (Å²) in [5.74, 6) is 2.56. The van der Waals surface area contributed by atoms with E-state index in [0.29, 0.717) is 5.56 Å². The van der Waals surface area contributed by atoms with Gasteiger partial charge < -0.3 is 5.11 Å². The molecule has 9 heteroatoms. The van der Waals surface area contributed by atoms with Crippen LogP contribution >= 0.6 is 0 Å². The number of hydrogen-bond donors (Lipinski definition) is 2. The van der Waals surface area contributed by atoms with Crippen molar-refractivity contribution < 1.29 is 18.5 Å². The first-order valence-electron chi connectivity index (χ1n) is 9.19. The minimum Gasteiger partial charge on any atom is -0.465 e. The first-order chi connectivity index (χ1) is 13.1. The molecule has 1 aromatic rings. The number of rotatable bonds is 1. The van der Waals surface area contributed by atoms with E-state index in [0.717, 1.165) is 0 Å². The summed E-state index contributed by atoms with van der Waals surface area (Å²) in [5.41, 5.74) is 2.84. The Bertz CT molecular complexity index is 1060. The standard InChI is InChI=1S/C20H28FN3O3SSi/c1-19(2)17(23-18(25)26)24-20(3,13-28(19,27)22-4)15-12-14(8-9-16(15)21)10-11-29(5,6)7/h8-9,12H,13H2,1-7H3,(H,23,24)(H,25,26)/t20-,28-/m0/s1. The van der Waals surface area contributed by atoms with Crippen LogP contribution in [0.2, 0.25) is 19.6 Å². The molecule has 1 amide bonds. The van der Waals surface area contributed by atoms with Crippen molar-refractivity contribution in [2.24, 2.45) is 9.36 Å². The van der Waals surface area contributed by atoms with Gasteiger partial charge in [-0.3, -0.25) is 10.3 Å². The molecular formula is C20H28FN3O3SSi. The Morgan fingerprint density at radius 1 is 1.34 bits per heavy atom. The van der Waals surface area contributed by atoms with E-state index in [4.69, 9.17) is 0 Å². The molecule has 1 aliphatic rings. The highest BCUT2D eigenvalue weighted by Crippen LogP contribution is 2.39. The maximum atomic E-state index is 14.8. The Morgan fingerprint density at radius 3 is 2.48 bits per heavy atom. The number of amidine groups is 1. The van der Waals surface area contributed by atoms with E-state index >= 15 is 0 Å². The van der Waals surface area contributed by atoms with E-state index < -0.39 is 40.0 Å². The van der Waals surface area contributed by atoms with E-state index in [-0.39, 0.29) is 17.2 Å². The third-order valence-electron chi connectivity index (χ3n) is 4.85. The normalized spacial score (nSPS) is 26.0. The Morgan fingerprint density at radius 2 is 1.97 bits per heavy atom. The first-order valence-corrected chi connectivity index (χ1v) is 14.4. The third-order valence-corrected chi connectivity index (χ3v) is 9.06. The average molecular weight is 438 g/mol. The quantitative estimate of drug-likeness (QED) is 0.517. The second kappa shape index (κ2) is 7.57. The highest BCUT2D eigenvalue weighted by Gasteiger charge is 2.49. The van der Waals surface area contributed by atoms with Gasteiger partial charge in [0.25, 0.3) is 0 Å². The van der Waals surface area contributed by atoms with Crippen LogP contribution in [0.1, 0.15) is 31.9 Å². The van der Waals surface area contributed by atoms with Gasteiger partial charge in [-0.25, -0.2) is 17.8 Å². The van der Waals surface area contributed by atoms with Crippen molar-refractivity contribution in [1.29, 1.82) is 0 Å². The van der Waals surface area contributed by atoms with Gasteiger partial charge in [-0.2, -0.15) is 0 Å². The summed E-state index contributed by atoms with van der Waals surface area (Å²) < 4.78 is 31.4. The maximum absolute atomic E-state index is 14.8. The number of carbonyl (C=O) groups is 1. The SMILES string of the molecule is CN=[S@]1(=O)C[C@@](C)(c2cc(C#C[Si](C)(C)C)ccc2F)N=C(NC(=O)O)C1(C)C. The van der Waals surface area contributed by atoms with Crippen LogP contribution in [-0.4, -0.2) is 46.9 Å². The van der Waals surface area contributed by atoms with E-state index in [1.165, 1.54) is 13.1 Å². The van der Waals surface area contributed by atoms with Crippen LogP contribution in [0.5, 0.6) is 0 Å². The monoisotopic (exact) mass is 437 g/mol. The molecule has 158 valence electrons. The van der Waals surface area contributed by atoms with Crippen molar-refractivity contribution in [2.45, 2.75) is 50.7 Å². The first kappa shape index (κ1) is 23.1. The summed E-state index contributed by atoms with van der Waals surface area (Å²) in [7, 11) is -3.14. The topological polar surface area (TPSA) is 91.1 Å².